The second-order valence-electron chi connectivity index (χ2n) is 4.22. The largest absolute Gasteiger partial charge is 0.481 e. The zero-order valence-corrected chi connectivity index (χ0v) is 10.4. The van der Waals surface area contributed by atoms with E-state index in [1.807, 2.05) is 0 Å². The second-order valence-corrected chi connectivity index (χ2v) is 4.22. The predicted molar refractivity (Wildman–Crippen MR) is 64.0 cm³/mol. The van der Waals surface area contributed by atoms with E-state index in [2.05, 4.69) is 10.6 Å². The lowest BCUT2D eigenvalue weighted by Crippen LogP contribution is -2.44. The third kappa shape index (κ3) is 4.23. The van der Waals surface area contributed by atoms with Crippen LogP contribution in [-0.4, -0.2) is 54.1 Å². The Balaban J connectivity index is 2.40. The summed E-state index contributed by atoms with van der Waals surface area (Å²) in [6, 6.07) is -0.314. The van der Waals surface area contributed by atoms with Crippen LogP contribution in [0, 0.1) is 5.92 Å². The molecule has 0 aliphatic carbocycles. The van der Waals surface area contributed by atoms with Crippen molar-refractivity contribution in [2.75, 3.05) is 26.2 Å². The first-order valence-electron chi connectivity index (χ1n) is 6.06. The van der Waals surface area contributed by atoms with Gasteiger partial charge in [-0.05, 0) is 6.42 Å². The quantitative estimate of drug-likeness (QED) is 0.640. The Labute approximate surface area is 106 Å². The van der Waals surface area contributed by atoms with Gasteiger partial charge in [-0.3, -0.25) is 9.59 Å². The molecule has 1 aliphatic heterocycles. The lowest BCUT2D eigenvalue weighted by molar-refractivity contribution is -0.141. The fraction of sp³-hybridized carbons (Fsp3) is 0.727. The Bertz CT molecular complexity index is 332. The van der Waals surface area contributed by atoms with Crippen LogP contribution in [0.15, 0.2) is 0 Å². The van der Waals surface area contributed by atoms with Gasteiger partial charge in [0.1, 0.15) is 0 Å². The van der Waals surface area contributed by atoms with Gasteiger partial charge in [-0.2, -0.15) is 0 Å². The second kappa shape index (κ2) is 6.83. The van der Waals surface area contributed by atoms with Crippen LogP contribution in [0.1, 0.15) is 19.8 Å². The van der Waals surface area contributed by atoms with E-state index in [4.69, 9.17) is 5.11 Å². The standard InChI is InChI=1S/C11H19N3O4/c1-2-8(10(16)17)7-13-11(18)14-5-3-9(15)12-4-6-14/h8H,2-7H2,1H3,(H,12,15)(H,13,18)(H,16,17). The molecule has 0 aromatic heterocycles. The highest BCUT2D eigenvalue weighted by molar-refractivity contribution is 5.79. The average molecular weight is 257 g/mol. The maximum atomic E-state index is 11.8. The van der Waals surface area contributed by atoms with E-state index in [9.17, 15) is 14.4 Å². The van der Waals surface area contributed by atoms with E-state index in [0.717, 1.165) is 0 Å². The molecule has 1 heterocycles. The van der Waals surface area contributed by atoms with Crippen LogP contribution < -0.4 is 10.6 Å². The van der Waals surface area contributed by atoms with Gasteiger partial charge in [-0.15, -0.1) is 0 Å². The molecule has 7 nitrogen and oxygen atoms in total. The van der Waals surface area contributed by atoms with E-state index in [1.54, 1.807) is 6.92 Å². The lowest BCUT2D eigenvalue weighted by atomic mass is 10.1. The van der Waals surface area contributed by atoms with Gasteiger partial charge in [0.15, 0.2) is 0 Å². The molecule has 1 saturated heterocycles. The summed E-state index contributed by atoms with van der Waals surface area (Å²) in [4.78, 5) is 35.2. The number of rotatable bonds is 4. The van der Waals surface area contributed by atoms with E-state index in [0.29, 0.717) is 26.1 Å². The molecule has 0 saturated carbocycles. The summed E-state index contributed by atoms with van der Waals surface area (Å²) in [6.45, 7) is 3.12. The van der Waals surface area contributed by atoms with Gasteiger partial charge in [0.05, 0.1) is 5.92 Å². The van der Waals surface area contributed by atoms with Crippen LogP contribution in [0.3, 0.4) is 0 Å². The molecule has 0 bridgehead atoms. The molecule has 1 atom stereocenters. The lowest BCUT2D eigenvalue weighted by Gasteiger charge is -2.21. The average Bonchev–Trinajstić information content (AvgIpc) is 2.54. The Morgan fingerprint density at radius 2 is 2.22 bits per heavy atom. The van der Waals surface area contributed by atoms with Crippen molar-refractivity contribution < 1.29 is 19.5 Å². The van der Waals surface area contributed by atoms with Crippen LogP contribution in [0.2, 0.25) is 0 Å². The van der Waals surface area contributed by atoms with E-state index >= 15 is 0 Å². The molecule has 3 N–H and O–H groups in total. The minimum absolute atomic E-state index is 0.0673. The molecule has 0 aromatic carbocycles. The number of carboxylic acid groups (broad SMARTS) is 1. The number of carboxylic acids is 1. The molecular formula is C11H19N3O4. The minimum Gasteiger partial charge on any atom is -0.481 e. The Kier molecular flexibility index (Phi) is 5.41. The number of hydrogen-bond acceptors (Lipinski definition) is 3. The zero-order valence-electron chi connectivity index (χ0n) is 10.4. The Morgan fingerprint density at radius 3 is 2.83 bits per heavy atom. The van der Waals surface area contributed by atoms with Crippen molar-refractivity contribution in [3.8, 4) is 0 Å². The third-order valence-electron chi connectivity index (χ3n) is 2.94. The van der Waals surface area contributed by atoms with Gasteiger partial charge in [0, 0.05) is 32.6 Å². The summed E-state index contributed by atoms with van der Waals surface area (Å²) < 4.78 is 0. The molecule has 102 valence electrons. The van der Waals surface area contributed by atoms with Crippen LogP contribution in [-0.2, 0) is 9.59 Å². The van der Waals surface area contributed by atoms with Crippen molar-refractivity contribution in [2.24, 2.45) is 5.92 Å². The number of carbonyl (C=O) groups excluding carboxylic acids is 2. The van der Waals surface area contributed by atoms with Crippen LogP contribution >= 0.6 is 0 Å². The fourth-order valence-electron chi connectivity index (χ4n) is 1.70. The first-order chi connectivity index (χ1) is 8.54. The van der Waals surface area contributed by atoms with Crippen LogP contribution in [0.25, 0.3) is 0 Å². The number of carbonyl (C=O) groups is 3. The molecule has 0 spiro atoms. The third-order valence-corrected chi connectivity index (χ3v) is 2.94. The summed E-state index contributed by atoms with van der Waals surface area (Å²) in [7, 11) is 0. The van der Waals surface area contributed by atoms with Crippen LogP contribution in [0.5, 0.6) is 0 Å². The predicted octanol–water partition coefficient (Wildman–Crippen LogP) is -0.371. The van der Waals surface area contributed by atoms with Crippen molar-refractivity contribution in [1.82, 2.24) is 15.5 Å². The monoisotopic (exact) mass is 257 g/mol. The molecule has 0 aromatic rings. The van der Waals surface area contributed by atoms with Crippen molar-refractivity contribution >= 4 is 17.9 Å². The maximum absolute atomic E-state index is 11.8. The van der Waals surface area contributed by atoms with Gasteiger partial charge in [-0.1, -0.05) is 6.92 Å². The van der Waals surface area contributed by atoms with E-state index in [-0.39, 0.29) is 24.9 Å². The van der Waals surface area contributed by atoms with Crippen molar-refractivity contribution in [3.63, 3.8) is 0 Å². The number of nitrogens with zero attached hydrogens (tertiary/aromatic N) is 1. The van der Waals surface area contributed by atoms with Gasteiger partial charge >= 0.3 is 12.0 Å². The maximum Gasteiger partial charge on any atom is 0.317 e. The summed E-state index contributed by atoms with van der Waals surface area (Å²) in [5.74, 6) is -1.55. The van der Waals surface area contributed by atoms with Gasteiger partial charge in [0.25, 0.3) is 0 Å². The van der Waals surface area contributed by atoms with Crippen LogP contribution in [0.4, 0.5) is 4.79 Å². The van der Waals surface area contributed by atoms with Crippen molar-refractivity contribution in [3.05, 3.63) is 0 Å². The molecule has 7 heteroatoms. The highest BCUT2D eigenvalue weighted by Crippen LogP contribution is 2.02. The topological polar surface area (TPSA) is 98.7 Å². The van der Waals surface area contributed by atoms with Gasteiger partial charge < -0.3 is 20.6 Å². The molecule has 0 radical (unpaired) electrons. The first kappa shape index (κ1) is 14.3. The van der Waals surface area contributed by atoms with E-state index in [1.165, 1.54) is 4.90 Å². The molecular weight excluding hydrogens is 238 g/mol. The highest BCUT2D eigenvalue weighted by Gasteiger charge is 2.20. The number of nitrogens with one attached hydrogen (secondary N) is 2. The molecule has 1 rings (SSSR count). The fourth-order valence-corrected chi connectivity index (χ4v) is 1.70. The SMILES string of the molecule is CCC(CNC(=O)N1CCNC(=O)CC1)C(=O)O. The Hall–Kier alpha value is -1.79. The molecule has 3 amide bonds. The zero-order chi connectivity index (χ0) is 13.5. The Morgan fingerprint density at radius 1 is 1.50 bits per heavy atom. The summed E-state index contributed by atoms with van der Waals surface area (Å²) in [5, 5.41) is 14.1. The van der Waals surface area contributed by atoms with E-state index < -0.39 is 11.9 Å². The van der Waals surface area contributed by atoms with Gasteiger partial charge in [-0.25, -0.2) is 4.79 Å². The smallest absolute Gasteiger partial charge is 0.317 e. The number of amides is 3. The molecule has 1 unspecified atom stereocenters. The number of aliphatic carboxylic acids is 1. The molecule has 1 fully saturated rings. The summed E-state index contributed by atoms with van der Waals surface area (Å²) in [6.07, 6.45) is 0.749. The van der Waals surface area contributed by atoms with Crippen molar-refractivity contribution in [1.29, 1.82) is 0 Å². The van der Waals surface area contributed by atoms with Crippen molar-refractivity contribution in [2.45, 2.75) is 19.8 Å². The normalized spacial score (nSPS) is 17.6. The number of hydrogen-bond donors (Lipinski definition) is 3. The molecule has 1 aliphatic rings. The number of urea groups is 1. The molecule has 18 heavy (non-hydrogen) atoms. The van der Waals surface area contributed by atoms with Gasteiger partial charge in [0.2, 0.25) is 5.91 Å². The first-order valence-corrected chi connectivity index (χ1v) is 6.06. The summed E-state index contributed by atoms with van der Waals surface area (Å²) in [5.41, 5.74) is 0. The minimum atomic E-state index is -0.912. The highest BCUT2D eigenvalue weighted by atomic mass is 16.4. The summed E-state index contributed by atoms with van der Waals surface area (Å²) >= 11 is 0.